The van der Waals surface area contributed by atoms with Crippen molar-refractivity contribution in [2.75, 3.05) is 16.5 Å². The smallest absolute Gasteiger partial charge is 0.224 e. The highest BCUT2D eigenvalue weighted by molar-refractivity contribution is 7.98. The molecule has 0 saturated carbocycles. The summed E-state index contributed by atoms with van der Waals surface area (Å²) in [5.41, 5.74) is 3.56. The number of allylic oxidation sites excluding steroid dienone is 1. The van der Waals surface area contributed by atoms with E-state index in [2.05, 4.69) is 23.5 Å². The van der Waals surface area contributed by atoms with Crippen LogP contribution in [-0.4, -0.2) is 17.9 Å². The maximum Gasteiger partial charge on any atom is 0.224 e. The van der Waals surface area contributed by atoms with E-state index < -0.39 is 0 Å². The van der Waals surface area contributed by atoms with Crippen LogP contribution in [0.1, 0.15) is 31.4 Å². The number of hydrogen-bond donors (Lipinski definition) is 1. The Morgan fingerprint density at radius 3 is 2.59 bits per heavy atom. The van der Waals surface area contributed by atoms with Crippen molar-refractivity contribution in [1.82, 2.24) is 0 Å². The topological polar surface area (TPSA) is 49.4 Å². The van der Waals surface area contributed by atoms with E-state index in [-0.39, 0.29) is 23.7 Å². The van der Waals surface area contributed by atoms with Gasteiger partial charge < -0.3 is 10.2 Å². The normalized spacial score (nSPS) is 21.5. The van der Waals surface area contributed by atoms with E-state index in [9.17, 15) is 9.59 Å². The molecule has 1 N–H and O–H groups in total. The molecule has 0 saturated heterocycles. The zero-order chi connectivity index (χ0) is 19.0. The minimum absolute atomic E-state index is 0.0668. The van der Waals surface area contributed by atoms with Gasteiger partial charge in [-0.3, -0.25) is 9.59 Å². The van der Waals surface area contributed by atoms with Gasteiger partial charge in [0, 0.05) is 23.9 Å². The van der Waals surface area contributed by atoms with Gasteiger partial charge in [-0.05, 0) is 42.5 Å². The van der Waals surface area contributed by atoms with Crippen LogP contribution in [0.15, 0.2) is 65.2 Å². The van der Waals surface area contributed by atoms with Crippen molar-refractivity contribution in [1.29, 1.82) is 0 Å². The molecule has 1 amide bonds. The van der Waals surface area contributed by atoms with Crippen molar-refractivity contribution < 1.29 is 9.59 Å². The van der Waals surface area contributed by atoms with Gasteiger partial charge in [-0.15, -0.1) is 11.8 Å². The van der Waals surface area contributed by atoms with Crippen molar-refractivity contribution in [2.24, 2.45) is 5.92 Å². The molecule has 0 unspecified atom stereocenters. The van der Waals surface area contributed by atoms with E-state index in [1.165, 1.54) is 0 Å². The van der Waals surface area contributed by atoms with Crippen LogP contribution >= 0.6 is 11.8 Å². The average molecular weight is 378 g/mol. The summed E-state index contributed by atoms with van der Waals surface area (Å²) in [6, 6.07) is 15.6. The monoisotopic (exact) mass is 378 g/mol. The number of benzene rings is 2. The molecule has 27 heavy (non-hydrogen) atoms. The number of para-hydroxylation sites is 2. The van der Waals surface area contributed by atoms with Gasteiger partial charge in [0.2, 0.25) is 5.91 Å². The van der Waals surface area contributed by atoms with Gasteiger partial charge in [-0.2, -0.15) is 0 Å². The third-order valence-corrected chi connectivity index (χ3v) is 6.01. The number of carbonyl (C=O) groups is 2. The molecule has 1 aliphatic carbocycles. The maximum atomic E-state index is 13.0. The minimum atomic E-state index is -0.379. The van der Waals surface area contributed by atoms with E-state index in [0.717, 1.165) is 34.0 Å². The number of hydrogen-bond acceptors (Lipinski definition) is 4. The molecule has 1 aliphatic heterocycles. The molecule has 4 rings (SSSR count). The van der Waals surface area contributed by atoms with Crippen molar-refractivity contribution >= 4 is 34.8 Å². The maximum absolute atomic E-state index is 13.0. The number of fused-ring (bicyclic) bond motifs is 2. The molecule has 0 spiro atoms. The van der Waals surface area contributed by atoms with Crippen molar-refractivity contribution in [2.45, 2.75) is 30.7 Å². The molecule has 4 nitrogen and oxygen atoms in total. The summed E-state index contributed by atoms with van der Waals surface area (Å²) in [4.78, 5) is 28.7. The zero-order valence-corrected chi connectivity index (χ0v) is 16.3. The molecule has 2 aromatic carbocycles. The Kier molecular flexibility index (Phi) is 4.79. The highest BCUT2D eigenvalue weighted by Crippen LogP contribution is 2.46. The van der Waals surface area contributed by atoms with E-state index in [1.807, 2.05) is 42.7 Å². The molecule has 0 bridgehead atoms. The predicted molar refractivity (Wildman–Crippen MR) is 110 cm³/mol. The quantitative estimate of drug-likeness (QED) is 0.763. The van der Waals surface area contributed by atoms with Crippen LogP contribution in [0.25, 0.3) is 0 Å². The Labute approximate surface area is 163 Å². The van der Waals surface area contributed by atoms with Crippen LogP contribution in [0.3, 0.4) is 0 Å². The summed E-state index contributed by atoms with van der Waals surface area (Å²) in [5, 5.41) is 3.44. The number of carbonyl (C=O) groups excluding carboxylic acids is 2. The molecular weight excluding hydrogens is 356 g/mol. The van der Waals surface area contributed by atoms with Gasteiger partial charge in [0.05, 0.1) is 23.3 Å². The number of amides is 1. The van der Waals surface area contributed by atoms with Gasteiger partial charge in [-0.1, -0.05) is 30.3 Å². The first-order chi connectivity index (χ1) is 13.1. The Bertz CT molecular complexity index is 920. The molecule has 138 valence electrons. The number of Topliss-reactive ketones (excluding diaryl/α,β-unsaturated/α-hetero) is 1. The fourth-order valence-corrected chi connectivity index (χ4v) is 4.46. The first-order valence-electron chi connectivity index (χ1n) is 9.12. The summed E-state index contributed by atoms with van der Waals surface area (Å²) in [6.45, 7) is 1.57. The molecule has 1 heterocycles. The standard InChI is InChI=1S/C22H22N2O2S/c1-14(25)24-19-8-4-3-6-17(19)23-18-7-5-9-20(26)21(18)22(24)15-10-12-16(27-2)13-11-15/h3-4,6-8,10-13,21-23H,5,9H2,1-2H3/t21-,22-/m1/s1. The molecule has 2 aliphatic rings. The lowest BCUT2D eigenvalue weighted by atomic mass is 9.81. The Hall–Kier alpha value is -2.53. The third-order valence-electron chi connectivity index (χ3n) is 5.27. The van der Waals surface area contributed by atoms with E-state index >= 15 is 0 Å². The second-order valence-corrected chi connectivity index (χ2v) is 7.77. The van der Waals surface area contributed by atoms with Crippen LogP contribution < -0.4 is 10.2 Å². The molecule has 2 atom stereocenters. The summed E-state index contributed by atoms with van der Waals surface area (Å²) in [5.74, 6) is -0.268. The molecule has 0 radical (unpaired) electrons. The summed E-state index contributed by atoms with van der Waals surface area (Å²) < 4.78 is 0. The van der Waals surface area contributed by atoms with E-state index in [0.29, 0.717) is 6.42 Å². The second-order valence-electron chi connectivity index (χ2n) is 6.89. The third kappa shape index (κ3) is 3.16. The van der Waals surface area contributed by atoms with Crippen LogP contribution in [-0.2, 0) is 9.59 Å². The number of nitrogens with zero attached hydrogens (tertiary/aromatic N) is 1. The lowest BCUT2D eigenvalue weighted by molar-refractivity contribution is -0.123. The van der Waals surface area contributed by atoms with Crippen molar-refractivity contribution in [3.63, 3.8) is 0 Å². The highest BCUT2D eigenvalue weighted by Gasteiger charge is 2.42. The first kappa shape index (κ1) is 17.9. The second kappa shape index (κ2) is 7.24. The van der Waals surface area contributed by atoms with Gasteiger partial charge in [0.15, 0.2) is 0 Å². The first-order valence-corrected chi connectivity index (χ1v) is 10.3. The fraction of sp³-hybridized carbons (Fsp3) is 0.273. The molecular formula is C22H22N2O2S. The minimum Gasteiger partial charge on any atom is -0.357 e. The Balaban J connectivity index is 1.94. The number of anilines is 2. The number of nitrogens with one attached hydrogen (secondary N) is 1. The zero-order valence-electron chi connectivity index (χ0n) is 15.4. The summed E-state index contributed by atoms with van der Waals surface area (Å²) >= 11 is 1.68. The predicted octanol–water partition coefficient (Wildman–Crippen LogP) is 4.79. The van der Waals surface area contributed by atoms with Crippen molar-refractivity contribution in [3.05, 3.63) is 65.9 Å². The molecule has 5 heteroatoms. The number of rotatable bonds is 2. The van der Waals surface area contributed by atoms with Crippen LogP contribution in [0.2, 0.25) is 0 Å². The van der Waals surface area contributed by atoms with Crippen LogP contribution in [0.4, 0.5) is 11.4 Å². The molecule has 0 aromatic heterocycles. The Morgan fingerprint density at radius 2 is 1.89 bits per heavy atom. The largest absolute Gasteiger partial charge is 0.357 e. The number of ketones is 1. The van der Waals surface area contributed by atoms with Crippen molar-refractivity contribution in [3.8, 4) is 0 Å². The number of thioether (sulfide) groups is 1. The van der Waals surface area contributed by atoms with Crippen LogP contribution in [0.5, 0.6) is 0 Å². The van der Waals surface area contributed by atoms with Gasteiger partial charge in [0.25, 0.3) is 0 Å². The lowest BCUT2D eigenvalue weighted by Crippen LogP contribution is -2.40. The van der Waals surface area contributed by atoms with Crippen LogP contribution in [0, 0.1) is 5.92 Å². The van der Waals surface area contributed by atoms with Gasteiger partial charge >= 0.3 is 0 Å². The molecule has 2 aromatic rings. The highest BCUT2D eigenvalue weighted by atomic mass is 32.2. The fourth-order valence-electron chi connectivity index (χ4n) is 4.05. The van der Waals surface area contributed by atoms with Gasteiger partial charge in [0.1, 0.15) is 5.78 Å². The SMILES string of the molecule is CSc1ccc([C@@H]2[C@H]3C(=O)CCC=C3Nc3ccccc3N2C(C)=O)cc1. The summed E-state index contributed by atoms with van der Waals surface area (Å²) in [7, 11) is 0. The van der Waals surface area contributed by atoms with Gasteiger partial charge in [-0.25, -0.2) is 0 Å². The average Bonchev–Trinajstić information content (AvgIpc) is 2.83. The summed E-state index contributed by atoms with van der Waals surface area (Å²) in [6.07, 6.45) is 5.39. The lowest BCUT2D eigenvalue weighted by Gasteiger charge is -2.36. The van der Waals surface area contributed by atoms with E-state index in [1.54, 1.807) is 23.6 Å². The Morgan fingerprint density at radius 1 is 1.15 bits per heavy atom. The molecule has 0 fully saturated rings. The van der Waals surface area contributed by atoms with E-state index in [4.69, 9.17) is 0 Å².